The van der Waals surface area contributed by atoms with Crippen LogP contribution in [0.25, 0.3) is 21.7 Å². The van der Waals surface area contributed by atoms with Crippen molar-refractivity contribution in [3.63, 3.8) is 0 Å². The number of ether oxygens (including phenoxy) is 1. The van der Waals surface area contributed by atoms with E-state index in [0.29, 0.717) is 43.9 Å². The molecule has 0 aliphatic carbocycles. The Hall–Kier alpha value is -4.37. The largest absolute Gasteiger partial charge is 0.490 e. The molecular formula is C31H34N4O5. The fourth-order valence-electron chi connectivity index (χ4n) is 5.19. The Labute approximate surface area is 232 Å². The fourth-order valence-corrected chi connectivity index (χ4v) is 5.19. The Morgan fingerprint density at radius 1 is 0.925 bits per heavy atom. The van der Waals surface area contributed by atoms with E-state index in [4.69, 9.17) is 9.15 Å². The van der Waals surface area contributed by atoms with E-state index in [-0.39, 0.29) is 37.1 Å². The number of fused-ring (bicyclic) bond motifs is 2. The number of piperidine rings is 1. The highest BCUT2D eigenvalue weighted by atomic mass is 16.5. The molecular weight excluding hydrogens is 508 g/mol. The van der Waals surface area contributed by atoms with Gasteiger partial charge in [0, 0.05) is 18.5 Å². The van der Waals surface area contributed by atoms with Gasteiger partial charge in [-0.1, -0.05) is 54.6 Å². The lowest BCUT2D eigenvalue weighted by atomic mass is 9.87. The maximum atomic E-state index is 13.4. The van der Waals surface area contributed by atoms with E-state index in [0.717, 1.165) is 21.7 Å². The number of para-hydroxylation sites is 1. The average Bonchev–Trinajstić information content (AvgIpc) is 3.42. The van der Waals surface area contributed by atoms with Gasteiger partial charge in [0.25, 0.3) is 5.91 Å². The van der Waals surface area contributed by atoms with Crippen molar-refractivity contribution in [2.75, 3.05) is 32.8 Å². The first kappa shape index (κ1) is 27.2. The number of carbonyl (C=O) groups excluding carboxylic acids is 3. The van der Waals surface area contributed by atoms with Gasteiger partial charge in [-0.05, 0) is 61.3 Å². The Morgan fingerprint density at radius 2 is 1.65 bits per heavy atom. The smallest absolute Gasteiger partial charge is 0.287 e. The third-order valence-electron chi connectivity index (χ3n) is 7.24. The van der Waals surface area contributed by atoms with Gasteiger partial charge in [0.05, 0.1) is 13.0 Å². The maximum absolute atomic E-state index is 13.4. The third kappa shape index (κ3) is 5.94. The van der Waals surface area contributed by atoms with Gasteiger partial charge in [0.2, 0.25) is 11.8 Å². The Bertz CT molecular complexity index is 1520. The van der Waals surface area contributed by atoms with Crippen molar-refractivity contribution in [3.8, 4) is 5.75 Å². The molecule has 2 heterocycles. The molecule has 3 amide bonds. The normalized spacial score (nSPS) is 14.5. The van der Waals surface area contributed by atoms with Crippen molar-refractivity contribution in [2.45, 2.75) is 31.7 Å². The molecule has 40 heavy (non-hydrogen) atoms. The van der Waals surface area contributed by atoms with Crippen LogP contribution in [-0.2, 0) is 16.0 Å². The molecule has 1 fully saturated rings. The number of rotatable bonds is 10. The monoisotopic (exact) mass is 542 g/mol. The molecule has 9 nitrogen and oxygen atoms in total. The summed E-state index contributed by atoms with van der Waals surface area (Å²) < 4.78 is 11.5. The van der Waals surface area contributed by atoms with Gasteiger partial charge in [0.15, 0.2) is 17.1 Å². The van der Waals surface area contributed by atoms with Crippen molar-refractivity contribution in [3.05, 3.63) is 78.1 Å². The summed E-state index contributed by atoms with van der Waals surface area (Å²) in [5.41, 5.74) is 0.365. The lowest BCUT2D eigenvalue weighted by Crippen LogP contribution is -2.63. The Morgan fingerprint density at radius 3 is 2.48 bits per heavy atom. The van der Waals surface area contributed by atoms with Crippen LogP contribution < -0.4 is 26.0 Å². The first-order chi connectivity index (χ1) is 19.5. The van der Waals surface area contributed by atoms with E-state index in [1.165, 1.54) is 0 Å². The van der Waals surface area contributed by atoms with E-state index in [9.17, 15) is 14.4 Å². The van der Waals surface area contributed by atoms with Crippen LogP contribution in [0.1, 0.15) is 35.9 Å². The van der Waals surface area contributed by atoms with Gasteiger partial charge in [-0.3, -0.25) is 14.4 Å². The standard InChI is InChI=1S/C31H34N4O5/c1-2-39-25-12-6-10-23-19-26(40-28(23)25)29(37)35-31(13-15-32-16-14-31)30(38)34-18-17-33-27(36)20-22-9-5-8-21-7-3-4-11-24(21)22/h3-12,19,32H,2,13-18,20H2,1H3,(H,33,36)(H,34,38)(H,35,37). The highest BCUT2D eigenvalue weighted by Gasteiger charge is 2.41. The summed E-state index contributed by atoms with van der Waals surface area (Å²) in [5.74, 6) is -0.174. The summed E-state index contributed by atoms with van der Waals surface area (Å²) in [6.45, 7) is 4.05. The first-order valence-electron chi connectivity index (χ1n) is 13.7. The molecule has 5 rings (SSSR count). The first-order valence-corrected chi connectivity index (χ1v) is 13.7. The molecule has 208 valence electrons. The van der Waals surface area contributed by atoms with E-state index in [1.807, 2.05) is 61.5 Å². The molecule has 0 atom stereocenters. The maximum Gasteiger partial charge on any atom is 0.287 e. The van der Waals surface area contributed by atoms with Crippen LogP contribution in [-0.4, -0.2) is 56.0 Å². The number of carbonyl (C=O) groups is 3. The topological polar surface area (TPSA) is 122 Å². The van der Waals surface area contributed by atoms with Crippen LogP contribution in [0.4, 0.5) is 0 Å². The zero-order valence-electron chi connectivity index (χ0n) is 22.5. The van der Waals surface area contributed by atoms with Gasteiger partial charge in [-0.25, -0.2) is 0 Å². The number of hydrogen-bond acceptors (Lipinski definition) is 6. The summed E-state index contributed by atoms with van der Waals surface area (Å²) in [4.78, 5) is 39.2. The molecule has 4 aromatic rings. The van der Waals surface area contributed by atoms with E-state index >= 15 is 0 Å². The highest BCUT2D eigenvalue weighted by molar-refractivity contribution is 6.01. The minimum absolute atomic E-state index is 0.119. The molecule has 0 unspecified atom stereocenters. The van der Waals surface area contributed by atoms with Gasteiger partial charge < -0.3 is 30.4 Å². The molecule has 1 aliphatic heterocycles. The van der Waals surface area contributed by atoms with Gasteiger partial charge >= 0.3 is 0 Å². The minimum atomic E-state index is -1.09. The Balaban J connectivity index is 1.18. The quantitative estimate of drug-likeness (QED) is 0.228. The lowest BCUT2D eigenvalue weighted by molar-refractivity contribution is -0.128. The SMILES string of the molecule is CCOc1cccc2cc(C(=O)NC3(C(=O)NCCNC(=O)Cc4cccc5ccccc45)CCNCC3)oc12. The Kier molecular flexibility index (Phi) is 8.31. The van der Waals surface area contributed by atoms with Crippen LogP contribution in [0.3, 0.4) is 0 Å². The number of nitrogens with one attached hydrogen (secondary N) is 4. The summed E-state index contributed by atoms with van der Waals surface area (Å²) in [5, 5.41) is 14.9. The molecule has 1 saturated heterocycles. The molecule has 0 spiro atoms. The number of furan rings is 1. The number of amides is 3. The molecule has 0 saturated carbocycles. The minimum Gasteiger partial charge on any atom is -0.490 e. The van der Waals surface area contributed by atoms with Crippen LogP contribution >= 0.6 is 0 Å². The second-order valence-corrected chi connectivity index (χ2v) is 9.93. The zero-order chi connectivity index (χ0) is 28.0. The molecule has 4 N–H and O–H groups in total. The van der Waals surface area contributed by atoms with E-state index in [2.05, 4.69) is 21.3 Å². The second-order valence-electron chi connectivity index (χ2n) is 9.93. The molecule has 0 radical (unpaired) electrons. The summed E-state index contributed by atoms with van der Waals surface area (Å²) >= 11 is 0. The predicted octanol–water partition coefficient (Wildman–Crippen LogP) is 3.31. The van der Waals surface area contributed by atoms with E-state index in [1.54, 1.807) is 12.1 Å². The zero-order valence-corrected chi connectivity index (χ0v) is 22.5. The summed E-state index contributed by atoms with van der Waals surface area (Å²) in [7, 11) is 0. The van der Waals surface area contributed by atoms with Gasteiger partial charge in [-0.15, -0.1) is 0 Å². The number of benzene rings is 3. The van der Waals surface area contributed by atoms with Gasteiger partial charge in [0.1, 0.15) is 5.54 Å². The van der Waals surface area contributed by atoms with Crippen molar-refractivity contribution in [1.82, 2.24) is 21.3 Å². The van der Waals surface area contributed by atoms with Crippen LogP contribution in [0.2, 0.25) is 0 Å². The molecule has 1 aromatic heterocycles. The number of hydrogen-bond donors (Lipinski definition) is 4. The van der Waals surface area contributed by atoms with E-state index < -0.39 is 11.4 Å². The molecule has 3 aromatic carbocycles. The molecule has 1 aliphatic rings. The predicted molar refractivity (Wildman–Crippen MR) is 153 cm³/mol. The van der Waals surface area contributed by atoms with Gasteiger partial charge in [-0.2, -0.15) is 0 Å². The summed E-state index contributed by atoms with van der Waals surface area (Å²) in [6, 6.07) is 21.0. The van der Waals surface area contributed by atoms with Crippen LogP contribution in [0, 0.1) is 0 Å². The van der Waals surface area contributed by atoms with Crippen molar-refractivity contribution in [2.24, 2.45) is 0 Å². The average molecular weight is 543 g/mol. The lowest BCUT2D eigenvalue weighted by Gasteiger charge is -2.36. The third-order valence-corrected chi connectivity index (χ3v) is 7.24. The van der Waals surface area contributed by atoms with Crippen LogP contribution in [0.15, 0.2) is 71.1 Å². The van der Waals surface area contributed by atoms with Crippen LogP contribution in [0.5, 0.6) is 5.75 Å². The summed E-state index contributed by atoms with van der Waals surface area (Å²) in [6.07, 6.45) is 1.12. The molecule has 9 heteroatoms. The highest BCUT2D eigenvalue weighted by Crippen LogP contribution is 2.29. The fraction of sp³-hybridized carbons (Fsp3) is 0.323. The van der Waals surface area contributed by atoms with Crippen molar-refractivity contribution < 1.29 is 23.5 Å². The van der Waals surface area contributed by atoms with Crippen molar-refractivity contribution in [1.29, 1.82) is 0 Å². The second kappa shape index (κ2) is 12.2. The van der Waals surface area contributed by atoms with Crippen molar-refractivity contribution >= 4 is 39.5 Å². The molecule has 0 bridgehead atoms.